The number of aliphatic hydroxyl groups is 1. The fourth-order valence-electron chi connectivity index (χ4n) is 6.35. The highest BCUT2D eigenvalue weighted by molar-refractivity contribution is 5.99. The van der Waals surface area contributed by atoms with E-state index in [9.17, 15) is 19.5 Å². The molecule has 0 aromatic heterocycles. The first-order chi connectivity index (χ1) is 16.3. The highest BCUT2D eigenvalue weighted by Crippen LogP contribution is 2.58. The number of amides is 2. The molecule has 1 spiro atoms. The lowest BCUT2D eigenvalue weighted by Crippen LogP contribution is -2.59. The Morgan fingerprint density at radius 1 is 1.12 bits per heavy atom. The lowest BCUT2D eigenvalue weighted by Gasteiger charge is -2.41. The average Bonchev–Trinajstić information content (AvgIpc) is 3.09. The van der Waals surface area contributed by atoms with Gasteiger partial charge in [0, 0.05) is 13.1 Å². The van der Waals surface area contributed by atoms with Gasteiger partial charge in [0.25, 0.3) is 0 Å². The third kappa shape index (κ3) is 3.70. The van der Waals surface area contributed by atoms with Crippen molar-refractivity contribution >= 4 is 17.8 Å². The minimum absolute atomic E-state index is 0.133. The van der Waals surface area contributed by atoms with E-state index in [1.807, 2.05) is 39.0 Å². The molecule has 4 rings (SSSR count). The summed E-state index contributed by atoms with van der Waals surface area (Å²) in [6.45, 7) is 8.92. The van der Waals surface area contributed by atoms with Gasteiger partial charge >= 0.3 is 5.97 Å². The average molecular weight is 475 g/mol. The molecule has 6 atom stereocenters. The third-order valence-electron chi connectivity index (χ3n) is 7.85. The summed E-state index contributed by atoms with van der Waals surface area (Å²) in [4.78, 5) is 44.8. The number of rotatable bonds is 8. The highest BCUT2D eigenvalue weighted by atomic mass is 16.6. The summed E-state index contributed by atoms with van der Waals surface area (Å²) >= 11 is 0. The number of hydrogen-bond acceptors (Lipinski definition) is 6. The Bertz CT molecular complexity index is 885. The fourth-order valence-corrected chi connectivity index (χ4v) is 6.35. The molecule has 4 aliphatic heterocycles. The van der Waals surface area contributed by atoms with Crippen molar-refractivity contribution in [2.24, 2.45) is 17.8 Å². The molecule has 188 valence electrons. The number of carbonyl (C=O) groups excluding carboxylic acids is 3. The molecule has 0 saturated carbocycles. The zero-order chi connectivity index (χ0) is 24.7. The van der Waals surface area contributed by atoms with E-state index >= 15 is 0 Å². The minimum atomic E-state index is -1.29. The molecular formula is C26H38N2O6. The van der Waals surface area contributed by atoms with Gasteiger partial charge in [-0.1, -0.05) is 52.3 Å². The second kappa shape index (κ2) is 9.46. The first-order valence-corrected chi connectivity index (χ1v) is 12.7. The SMILES string of the molecule is CCCCN1CC=C[C@]23O[C@@]4(CC)C=CCOC(=O)[C@H]4[C@H]2C(=O)N([C@@H](CO)CC(C)C)C3C1=O. The van der Waals surface area contributed by atoms with E-state index in [1.165, 1.54) is 0 Å². The predicted octanol–water partition coefficient (Wildman–Crippen LogP) is 2.07. The lowest BCUT2D eigenvalue weighted by atomic mass is 9.73. The van der Waals surface area contributed by atoms with E-state index in [4.69, 9.17) is 9.47 Å². The first kappa shape index (κ1) is 24.9. The van der Waals surface area contributed by atoms with Crippen LogP contribution in [0.5, 0.6) is 0 Å². The van der Waals surface area contributed by atoms with Crippen LogP contribution in [0.15, 0.2) is 24.3 Å². The Morgan fingerprint density at radius 2 is 1.88 bits per heavy atom. The molecular weight excluding hydrogens is 436 g/mol. The van der Waals surface area contributed by atoms with Crippen LogP contribution in [-0.2, 0) is 23.9 Å². The van der Waals surface area contributed by atoms with Gasteiger partial charge < -0.3 is 24.4 Å². The molecule has 4 heterocycles. The quantitative estimate of drug-likeness (QED) is 0.427. The zero-order valence-electron chi connectivity index (χ0n) is 20.7. The van der Waals surface area contributed by atoms with Crippen LogP contribution in [0.4, 0.5) is 0 Å². The zero-order valence-corrected chi connectivity index (χ0v) is 20.7. The molecule has 2 fully saturated rings. The maximum atomic E-state index is 14.2. The van der Waals surface area contributed by atoms with Crippen LogP contribution in [0.25, 0.3) is 0 Å². The number of esters is 1. The van der Waals surface area contributed by atoms with Crippen molar-refractivity contribution in [1.82, 2.24) is 9.80 Å². The first-order valence-electron chi connectivity index (χ1n) is 12.7. The number of unbranched alkanes of at least 4 members (excludes halogenated alkanes) is 1. The van der Waals surface area contributed by atoms with Crippen LogP contribution in [0, 0.1) is 17.8 Å². The summed E-state index contributed by atoms with van der Waals surface area (Å²) in [7, 11) is 0. The van der Waals surface area contributed by atoms with Gasteiger partial charge in [0.05, 0.1) is 18.6 Å². The molecule has 8 heteroatoms. The number of likely N-dealkylation sites (tertiary alicyclic amines) is 1. The number of hydrogen-bond donors (Lipinski definition) is 1. The van der Waals surface area contributed by atoms with Gasteiger partial charge in [-0.3, -0.25) is 14.4 Å². The van der Waals surface area contributed by atoms with Crippen molar-refractivity contribution in [2.45, 2.75) is 76.7 Å². The Morgan fingerprint density at radius 3 is 2.53 bits per heavy atom. The second-order valence-corrected chi connectivity index (χ2v) is 10.4. The summed E-state index contributed by atoms with van der Waals surface area (Å²) in [5, 5.41) is 10.3. The van der Waals surface area contributed by atoms with E-state index in [1.54, 1.807) is 15.9 Å². The van der Waals surface area contributed by atoms with Crippen molar-refractivity contribution < 1.29 is 29.0 Å². The minimum Gasteiger partial charge on any atom is -0.461 e. The van der Waals surface area contributed by atoms with Gasteiger partial charge in [-0.2, -0.15) is 0 Å². The maximum Gasteiger partial charge on any atom is 0.313 e. The van der Waals surface area contributed by atoms with E-state index < -0.39 is 41.1 Å². The van der Waals surface area contributed by atoms with Crippen molar-refractivity contribution in [2.75, 3.05) is 26.3 Å². The molecule has 4 aliphatic rings. The maximum absolute atomic E-state index is 14.2. The van der Waals surface area contributed by atoms with Crippen molar-refractivity contribution in [3.63, 3.8) is 0 Å². The van der Waals surface area contributed by atoms with Crippen LogP contribution in [-0.4, -0.2) is 82.3 Å². The normalized spacial score (nSPS) is 35.7. The Balaban J connectivity index is 1.88. The van der Waals surface area contributed by atoms with E-state index in [0.717, 1.165) is 12.8 Å². The largest absolute Gasteiger partial charge is 0.461 e. The van der Waals surface area contributed by atoms with Gasteiger partial charge in [0.1, 0.15) is 29.8 Å². The van der Waals surface area contributed by atoms with Crippen LogP contribution >= 0.6 is 0 Å². The Labute approximate surface area is 201 Å². The number of fused-ring (bicyclic) bond motifs is 2. The van der Waals surface area contributed by atoms with E-state index in [0.29, 0.717) is 25.9 Å². The number of aliphatic hydroxyl groups excluding tert-OH is 1. The predicted molar refractivity (Wildman–Crippen MR) is 126 cm³/mol. The third-order valence-corrected chi connectivity index (χ3v) is 7.85. The van der Waals surface area contributed by atoms with Gasteiger partial charge in [0.15, 0.2) is 0 Å². The second-order valence-electron chi connectivity index (χ2n) is 10.4. The van der Waals surface area contributed by atoms with Gasteiger partial charge in [-0.15, -0.1) is 0 Å². The molecule has 2 saturated heterocycles. The van der Waals surface area contributed by atoms with Crippen LogP contribution < -0.4 is 0 Å². The van der Waals surface area contributed by atoms with E-state index in [2.05, 4.69) is 6.92 Å². The molecule has 0 aromatic rings. The Hall–Kier alpha value is -2.19. The molecule has 2 amide bonds. The van der Waals surface area contributed by atoms with Crippen LogP contribution in [0.1, 0.15) is 53.4 Å². The van der Waals surface area contributed by atoms with Crippen LogP contribution in [0.2, 0.25) is 0 Å². The van der Waals surface area contributed by atoms with Crippen LogP contribution in [0.3, 0.4) is 0 Å². The topological polar surface area (TPSA) is 96.4 Å². The Kier molecular flexibility index (Phi) is 6.93. The highest BCUT2D eigenvalue weighted by Gasteiger charge is 2.76. The number of nitrogens with zero attached hydrogens (tertiary/aromatic N) is 2. The fraction of sp³-hybridized carbons (Fsp3) is 0.731. The molecule has 1 N–H and O–H groups in total. The van der Waals surface area contributed by atoms with Gasteiger partial charge in [-0.05, 0) is 31.3 Å². The lowest BCUT2D eigenvalue weighted by molar-refractivity contribution is -0.161. The molecule has 0 radical (unpaired) electrons. The molecule has 8 nitrogen and oxygen atoms in total. The summed E-state index contributed by atoms with van der Waals surface area (Å²) in [5.41, 5.74) is -2.31. The molecule has 34 heavy (non-hydrogen) atoms. The molecule has 1 unspecified atom stereocenters. The molecule has 0 aromatic carbocycles. The smallest absolute Gasteiger partial charge is 0.313 e. The number of carbonyl (C=O) groups is 3. The van der Waals surface area contributed by atoms with Crippen molar-refractivity contribution in [1.29, 1.82) is 0 Å². The van der Waals surface area contributed by atoms with Crippen molar-refractivity contribution in [3.8, 4) is 0 Å². The molecule has 0 aliphatic carbocycles. The van der Waals surface area contributed by atoms with Gasteiger partial charge in [-0.25, -0.2) is 0 Å². The van der Waals surface area contributed by atoms with Gasteiger partial charge in [0.2, 0.25) is 11.8 Å². The molecule has 0 bridgehead atoms. The summed E-state index contributed by atoms with van der Waals surface area (Å²) < 4.78 is 12.3. The summed E-state index contributed by atoms with van der Waals surface area (Å²) in [6.07, 6.45) is 10.2. The number of ether oxygens (including phenoxy) is 2. The summed E-state index contributed by atoms with van der Waals surface area (Å²) in [6, 6.07) is -1.48. The van der Waals surface area contributed by atoms with E-state index in [-0.39, 0.29) is 30.9 Å². The summed E-state index contributed by atoms with van der Waals surface area (Å²) in [5.74, 6) is -2.51. The monoisotopic (exact) mass is 474 g/mol. The number of cyclic esters (lactones) is 1. The van der Waals surface area contributed by atoms with Crippen molar-refractivity contribution in [3.05, 3.63) is 24.3 Å². The standard InChI is InChI=1S/C26H38N2O6/c1-5-7-12-27-13-8-11-26-19(20-24(32)33-14-9-10-25(20,6-2)34-26)22(30)28(21(26)23(27)31)18(16-29)15-17(3)4/h8-11,17-21,29H,5-7,12-16H2,1-4H3/t18-,19+,20-,21?,25+,26+/m1/s1.